The van der Waals surface area contributed by atoms with E-state index in [4.69, 9.17) is 5.11 Å². The lowest BCUT2D eigenvalue weighted by Crippen LogP contribution is -2.18. The molecule has 1 aliphatic rings. The first-order chi connectivity index (χ1) is 8.87. The molecule has 1 aromatic heterocycles. The highest BCUT2D eigenvalue weighted by Crippen LogP contribution is 2.35. The summed E-state index contributed by atoms with van der Waals surface area (Å²) in [5, 5.41) is 9.47. The van der Waals surface area contributed by atoms with Gasteiger partial charge in [-0.3, -0.25) is 4.79 Å². The Balaban J connectivity index is 2.03. The van der Waals surface area contributed by atoms with Crippen molar-refractivity contribution >= 4 is 17.3 Å². The summed E-state index contributed by atoms with van der Waals surface area (Å²) in [5.41, 5.74) is 0.495. The number of carboxylic acid groups (broad SMARTS) is 1. The van der Waals surface area contributed by atoms with Gasteiger partial charge in [0.1, 0.15) is 11.6 Å². The van der Waals surface area contributed by atoms with Crippen LogP contribution in [0.2, 0.25) is 0 Å². The van der Waals surface area contributed by atoms with Crippen LogP contribution in [0.5, 0.6) is 0 Å². The first kappa shape index (κ1) is 14.3. The Bertz CT molecular complexity index is 472. The van der Waals surface area contributed by atoms with E-state index in [0.717, 1.165) is 17.7 Å². The van der Waals surface area contributed by atoms with Gasteiger partial charge in [0.15, 0.2) is 0 Å². The Morgan fingerprint density at radius 2 is 2.26 bits per heavy atom. The summed E-state index contributed by atoms with van der Waals surface area (Å²) >= 11 is 1.24. The van der Waals surface area contributed by atoms with Crippen LogP contribution in [0.15, 0.2) is 0 Å². The van der Waals surface area contributed by atoms with Gasteiger partial charge in [-0.25, -0.2) is 4.98 Å². The number of nitrogens with zero attached hydrogens (tertiary/aromatic N) is 1. The molecule has 1 heterocycles. The second kappa shape index (κ2) is 5.46. The third-order valence-corrected chi connectivity index (χ3v) is 3.89. The molecule has 0 amide bonds. The van der Waals surface area contributed by atoms with Crippen LogP contribution in [-0.2, 0) is 22.6 Å². The maximum Gasteiger partial charge on any atom is 0.411 e. The first-order valence-electron chi connectivity index (χ1n) is 5.72. The zero-order chi connectivity index (χ0) is 14.0. The Morgan fingerprint density at radius 3 is 2.89 bits per heavy atom. The quantitative estimate of drug-likeness (QED) is 0.928. The number of carboxylic acids is 1. The van der Waals surface area contributed by atoms with Gasteiger partial charge >= 0.3 is 12.1 Å². The summed E-state index contributed by atoms with van der Waals surface area (Å²) in [7, 11) is 0. The number of alkyl halides is 3. The number of hydrogen-bond acceptors (Lipinski definition) is 4. The number of thiazole rings is 1. The van der Waals surface area contributed by atoms with Crippen LogP contribution in [0.4, 0.5) is 13.2 Å². The van der Waals surface area contributed by atoms with Crippen molar-refractivity contribution in [3.8, 4) is 0 Å². The van der Waals surface area contributed by atoms with E-state index in [2.05, 4.69) is 9.72 Å². The summed E-state index contributed by atoms with van der Waals surface area (Å²) in [6, 6.07) is 0. The lowest BCUT2D eigenvalue weighted by molar-refractivity contribution is -0.176. The SMILES string of the molecule is O=C(O)C1CCCc2sc(COCC(F)(F)F)nc21. The minimum absolute atomic E-state index is 0.233. The molecular weight excluding hydrogens is 283 g/mol. The van der Waals surface area contributed by atoms with E-state index in [0.29, 0.717) is 17.1 Å². The van der Waals surface area contributed by atoms with Gasteiger partial charge in [-0.05, 0) is 19.3 Å². The molecule has 0 aliphatic heterocycles. The van der Waals surface area contributed by atoms with Crippen LogP contribution >= 0.6 is 11.3 Å². The maximum absolute atomic E-state index is 11.9. The zero-order valence-corrected chi connectivity index (χ0v) is 10.7. The molecule has 4 nitrogen and oxygen atoms in total. The Kier molecular flexibility index (Phi) is 4.10. The molecule has 0 bridgehead atoms. The number of aromatic nitrogens is 1. The number of halogens is 3. The molecule has 8 heteroatoms. The smallest absolute Gasteiger partial charge is 0.411 e. The lowest BCUT2D eigenvalue weighted by atomic mass is 9.91. The van der Waals surface area contributed by atoms with Crippen molar-refractivity contribution in [1.29, 1.82) is 0 Å². The van der Waals surface area contributed by atoms with Crippen LogP contribution in [0.1, 0.15) is 34.3 Å². The first-order valence-corrected chi connectivity index (χ1v) is 6.54. The minimum Gasteiger partial charge on any atom is -0.481 e. The fraction of sp³-hybridized carbons (Fsp3) is 0.636. The molecule has 1 aliphatic carbocycles. The van der Waals surface area contributed by atoms with Crippen LogP contribution in [0.25, 0.3) is 0 Å². The number of carbonyl (C=O) groups is 1. The molecule has 19 heavy (non-hydrogen) atoms. The minimum atomic E-state index is -4.36. The second-order valence-corrected chi connectivity index (χ2v) is 5.48. The summed E-state index contributed by atoms with van der Waals surface area (Å²) in [4.78, 5) is 16.0. The number of ether oxygens (including phenoxy) is 1. The lowest BCUT2D eigenvalue weighted by Gasteiger charge is -2.16. The summed E-state index contributed by atoms with van der Waals surface area (Å²) in [5.74, 6) is -1.58. The molecule has 106 valence electrons. The number of hydrogen-bond donors (Lipinski definition) is 1. The van der Waals surface area contributed by atoms with E-state index < -0.39 is 24.7 Å². The van der Waals surface area contributed by atoms with E-state index >= 15 is 0 Å². The molecule has 0 saturated carbocycles. The molecule has 1 atom stereocenters. The molecule has 1 aromatic rings. The highest BCUT2D eigenvalue weighted by atomic mass is 32.1. The topological polar surface area (TPSA) is 59.4 Å². The molecule has 2 rings (SSSR count). The Labute approximate surface area is 111 Å². The van der Waals surface area contributed by atoms with Crippen LogP contribution < -0.4 is 0 Å². The fourth-order valence-electron chi connectivity index (χ4n) is 2.03. The van der Waals surface area contributed by atoms with Gasteiger partial charge in [0.25, 0.3) is 0 Å². The third kappa shape index (κ3) is 3.66. The number of fused-ring (bicyclic) bond motifs is 1. The highest BCUT2D eigenvalue weighted by Gasteiger charge is 2.31. The van der Waals surface area contributed by atoms with Crippen molar-refractivity contribution in [2.24, 2.45) is 0 Å². The summed E-state index contributed by atoms with van der Waals surface area (Å²) < 4.78 is 40.3. The van der Waals surface area contributed by atoms with E-state index in [1.54, 1.807) is 0 Å². The van der Waals surface area contributed by atoms with Gasteiger partial charge in [-0.1, -0.05) is 0 Å². The average molecular weight is 295 g/mol. The molecule has 0 fully saturated rings. The molecule has 1 unspecified atom stereocenters. The van der Waals surface area contributed by atoms with Crippen LogP contribution in [0, 0.1) is 0 Å². The van der Waals surface area contributed by atoms with Crippen molar-refractivity contribution in [3.05, 3.63) is 15.6 Å². The summed E-state index contributed by atoms with van der Waals surface area (Å²) in [6.07, 6.45) is -2.35. The maximum atomic E-state index is 11.9. The van der Waals surface area contributed by atoms with E-state index in [1.807, 2.05) is 0 Å². The Hall–Kier alpha value is -1.15. The van der Waals surface area contributed by atoms with Gasteiger partial charge in [-0.15, -0.1) is 11.3 Å². The molecule has 0 spiro atoms. The van der Waals surface area contributed by atoms with Gasteiger partial charge in [-0.2, -0.15) is 13.2 Å². The fourth-order valence-corrected chi connectivity index (χ4v) is 3.13. The van der Waals surface area contributed by atoms with Gasteiger partial charge < -0.3 is 9.84 Å². The summed E-state index contributed by atoms with van der Waals surface area (Å²) in [6.45, 7) is -1.55. The van der Waals surface area contributed by atoms with Gasteiger partial charge in [0, 0.05) is 4.88 Å². The zero-order valence-electron chi connectivity index (χ0n) is 9.87. The number of aliphatic carboxylic acids is 1. The van der Waals surface area contributed by atoms with Crippen molar-refractivity contribution in [2.45, 2.75) is 38.0 Å². The molecule has 0 saturated heterocycles. The molecule has 0 radical (unpaired) electrons. The van der Waals surface area contributed by atoms with E-state index in [-0.39, 0.29) is 6.61 Å². The van der Waals surface area contributed by atoms with Gasteiger partial charge in [0.2, 0.25) is 0 Å². The van der Waals surface area contributed by atoms with Crippen molar-refractivity contribution in [2.75, 3.05) is 6.61 Å². The van der Waals surface area contributed by atoms with Crippen molar-refractivity contribution < 1.29 is 27.8 Å². The van der Waals surface area contributed by atoms with E-state index in [9.17, 15) is 18.0 Å². The van der Waals surface area contributed by atoms with Crippen molar-refractivity contribution in [1.82, 2.24) is 4.98 Å². The predicted octanol–water partition coefficient (Wildman–Crippen LogP) is 2.73. The number of aryl methyl sites for hydroxylation is 1. The van der Waals surface area contributed by atoms with Crippen molar-refractivity contribution in [3.63, 3.8) is 0 Å². The monoisotopic (exact) mass is 295 g/mol. The van der Waals surface area contributed by atoms with Gasteiger partial charge in [0.05, 0.1) is 18.2 Å². The molecule has 0 aromatic carbocycles. The average Bonchev–Trinajstić information content (AvgIpc) is 2.68. The number of rotatable bonds is 4. The molecular formula is C11H12F3NO3S. The third-order valence-electron chi connectivity index (χ3n) is 2.79. The predicted molar refractivity (Wildman–Crippen MR) is 61.1 cm³/mol. The second-order valence-electron chi connectivity index (χ2n) is 4.31. The largest absolute Gasteiger partial charge is 0.481 e. The standard InChI is InChI=1S/C11H12F3NO3S/c12-11(13,14)5-18-4-8-15-9-6(10(16)17)2-1-3-7(9)19-8/h6H,1-5H2,(H,16,17). The van der Waals surface area contributed by atoms with Crippen LogP contribution in [-0.4, -0.2) is 28.8 Å². The van der Waals surface area contributed by atoms with Crippen LogP contribution in [0.3, 0.4) is 0 Å². The molecule has 1 N–H and O–H groups in total. The van der Waals surface area contributed by atoms with E-state index in [1.165, 1.54) is 11.3 Å². The highest BCUT2D eigenvalue weighted by molar-refractivity contribution is 7.11. The normalized spacial score (nSPS) is 19.2. The Morgan fingerprint density at radius 1 is 1.53 bits per heavy atom.